The van der Waals surface area contributed by atoms with Gasteiger partial charge in [-0.1, -0.05) is 38.8 Å². The summed E-state index contributed by atoms with van der Waals surface area (Å²) in [7, 11) is 0. The average molecular weight is 415 g/mol. The van der Waals surface area contributed by atoms with E-state index in [9.17, 15) is 9.59 Å². The Morgan fingerprint density at radius 3 is 2.27 bits per heavy atom. The third-order valence-corrected chi connectivity index (χ3v) is 7.13. The number of hydrogen-bond acceptors (Lipinski definition) is 4. The van der Waals surface area contributed by atoms with Crippen molar-refractivity contribution < 1.29 is 9.59 Å². The number of carbonyl (C=O) groups excluding carboxylic acids is 2. The van der Waals surface area contributed by atoms with Gasteiger partial charge in [-0.15, -0.1) is 0 Å². The molecule has 166 valence electrons. The highest BCUT2D eigenvalue weighted by atomic mass is 16.2. The first kappa shape index (κ1) is 22.8. The van der Waals surface area contributed by atoms with Crippen LogP contribution in [0.2, 0.25) is 0 Å². The summed E-state index contributed by atoms with van der Waals surface area (Å²) < 4.78 is 0. The minimum Gasteiger partial charge on any atom is -0.352 e. The lowest BCUT2D eigenvalue weighted by Gasteiger charge is -2.36. The van der Waals surface area contributed by atoms with Gasteiger partial charge in [-0.2, -0.15) is 0 Å². The molecule has 3 atom stereocenters. The van der Waals surface area contributed by atoms with E-state index in [4.69, 9.17) is 0 Å². The van der Waals surface area contributed by atoms with E-state index in [1.165, 1.54) is 18.4 Å². The Labute approximate surface area is 181 Å². The summed E-state index contributed by atoms with van der Waals surface area (Å²) in [4.78, 5) is 29.3. The van der Waals surface area contributed by atoms with E-state index < -0.39 is 0 Å². The van der Waals surface area contributed by atoms with Crippen LogP contribution in [0.4, 0.5) is 5.69 Å². The second-order valence-electron chi connectivity index (χ2n) is 9.29. The Morgan fingerprint density at radius 1 is 0.967 bits per heavy atom. The lowest BCUT2D eigenvalue weighted by Crippen LogP contribution is -2.52. The quantitative estimate of drug-likeness (QED) is 0.751. The number of aryl methyl sites for hydroxylation is 1. The van der Waals surface area contributed by atoms with Gasteiger partial charge < -0.3 is 10.6 Å². The van der Waals surface area contributed by atoms with Gasteiger partial charge in [0.2, 0.25) is 11.8 Å². The third kappa shape index (κ3) is 6.05. The molecule has 30 heavy (non-hydrogen) atoms. The number of carbonyl (C=O) groups is 2. The van der Waals surface area contributed by atoms with Crippen LogP contribution in [0.5, 0.6) is 0 Å². The highest BCUT2D eigenvalue weighted by Gasteiger charge is 2.29. The first-order valence-electron chi connectivity index (χ1n) is 11.4. The van der Waals surface area contributed by atoms with Crippen LogP contribution >= 0.6 is 0 Å². The van der Waals surface area contributed by atoms with Crippen LogP contribution in [0.25, 0.3) is 0 Å². The molecule has 2 fully saturated rings. The fraction of sp³-hybridized carbons (Fsp3) is 0.667. The zero-order valence-corrected chi connectivity index (χ0v) is 19.0. The molecule has 1 aliphatic carbocycles. The minimum absolute atomic E-state index is 0.0234. The van der Waals surface area contributed by atoms with Crippen LogP contribution in [-0.4, -0.2) is 66.9 Å². The Morgan fingerprint density at radius 2 is 1.60 bits per heavy atom. The van der Waals surface area contributed by atoms with Crippen molar-refractivity contribution in [2.75, 3.05) is 44.6 Å². The minimum atomic E-state index is 0.0234. The van der Waals surface area contributed by atoms with Gasteiger partial charge in [0.1, 0.15) is 0 Å². The van der Waals surface area contributed by atoms with Crippen molar-refractivity contribution in [3.05, 3.63) is 29.3 Å². The van der Waals surface area contributed by atoms with Crippen molar-refractivity contribution in [2.24, 2.45) is 11.8 Å². The number of hydrogen-bond donors (Lipinski definition) is 2. The molecule has 0 bridgehead atoms. The number of anilines is 1. The maximum absolute atomic E-state index is 12.5. The van der Waals surface area contributed by atoms with Crippen molar-refractivity contribution in [3.63, 3.8) is 0 Å². The maximum atomic E-state index is 12.5. The first-order valence-corrected chi connectivity index (χ1v) is 11.4. The summed E-state index contributed by atoms with van der Waals surface area (Å²) in [5, 5.41) is 6.31. The van der Waals surface area contributed by atoms with E-state index in [1.54, 1.807) is 0 Å². The molecule has 1 aromatic rings. The van der Waals surface area contributed by atoms with Crippen molar-refractivity contribution >= 4 is 17.5 Å². The summed E-state index contributed by atoms with van der Waals surface area (Å²) in [5.74, 6) is 1.40. The monoisotopic (exact) mass is 414 g/mol. The van der Waals surface area contributed by atoms with Gasteiger partial charge in [0.25, 0.3) is 0 Å². The van der Waals surface area contributed by atoms with Crippen LogP contribution in [-0.2, 0) is 9.59 Å². The van der Waals surface area contributed by atoms with Crippen molar-refractivity contribution in [2.45, 2.75) is 53.0 Å². The Balaban J connectivity index is 1.38. The predicted molar refractivity (Wildman–Crippen MR) is 122 cm³/mol. The van der Waals surface area contributed by atoms with Gasteiger partial charge >= 0.3 is 0 Å². The van der Waals surface area contributed by atoms with Gasteiger partial charge in [-0.3, -0.25) is 19.4 Å². The summed E-state index contributed by atoms with van der Waals surface area (Å²) in [5.41, 5.74) is 3.18. The molecule has 1 aliphatic heterocycles. The molecule has 1 saturated heterocycles. The second kappa shape index (κ2) is 10.4. The van der Waals surface area contributed by atoms with Crippen LogP contribution in [0.1, 0.15) is 44.2 Å². The largest absolute Gasteiger partial charge is 0.352 e. The molecule has 6 nitrogen and oxygen atoms in total. The van der Waals surface area contributed by atoms with Gasteiger partial charge in [-0.05, 0) is 49.3 Å². The smallest absolute Gasteiger partial charge is 0.238 e. The Kier molecular flexibility index (Phi) is 7.89. The van der Waals surface area contributed by atoms with Gasteiger partial charge in [-0.25, -0.2) is 0 Å². The number of piperazine rings is 1. The van der Waals surface area contributed by atoms with Gasteiger partial charge in [0.15, 0.2) is 0 Å². The molecule has 1 heterocycles. The third-order valence-electron chi connectivity index (χ3n) is 7.13. The summed E-state index contributed by atoms with van der Waals surface area (Å²) in [6, 6.07) is 6.29. The summed E-state index contributed by atoms with van der Waals surface area (Å²) in [6.07, 6.45) is 3.58. The molecule has 0 unspecified atom stereocenters. The van der Waals surface area contributed by atoms with Crippen LogP contribution in [0.15, 0.2) is 18.2 Å². The molecule has 0 aromatic heterocycles. The number of nitrogens with zero attached hydrogens (tertiary/aromatic N) is 2. The molecule has 2 aliphatic rings. The second-order valence-corrected chi connectivity index (χ2v) is 9.29. The van der Waals surface area contributed by atoms with E-state index >= 15 is 0 Å². The number of benzene rings is 1. The van der Waals surface area contributed by atoms with E-state index in [-0.39, 0.29) is 11.8 Å². The van der Waals surface area contributed by atoms with E-state index in [1.807, 2.05) is 19.1 Å². The molecule has 6 heteroatoms. The topological polar surface area (TPSA) is 64.7 Å². The zero-order valence-electron chi connectivity index (χ0n) is 19.0. The van der Waals surface area contributed by atoms with Crippen LogP contribution in [0.3, 0.4) is 0 Å². The Bertz CT molecular complexity index is 743. The Hall–Kier alpha value is -1.92. The molecule has 0 radical (unpaired) electrons. The molecule has 1 saturated carbocycles. The average Bonchev–Trinajstić information content (AvgIpc) is 2.70. The molecule has 2 N–H and O–H groups in total. The lowest BCUT2D eigenvalue weighted by atomic mass is 9.78. The first-order chi connectivity index (χ1) is 14.3. The van der Waals surface area contributed by atoms with Crippen molar-refractivity contribution in [1.82, 2.24) is 15.1 Å². The molecule has 2 amide bonds. The molecule has 1 aromatic carbocycles. The lowest BCUT2D eigenvalue weighted by molar-refractivity contribution is -0.124. The number of rotatable bonds is 6. The number of nitrogens with one attached hydrogen (secondary N) is 2. The normalized spacial score (nSPS) is 25.7. The molecular weight excluding hydrogens is 376 g/mol. The predicted octanol–water partition coefficient (Wildman–Crippen LogP) is 2.80. The zero-order chi connectivity index (χ0) is 21.7. The van der Waals surface area contributed by atoms with E-state index in [0.717, 1.165) is 43.9 Å². The molecular formula is C24H38N4O2. The molecule has 0 spiro atoms. The van der Waals surface area contributed by atoms with Crippen LogP contribution in [0, 0.1) is 25.7 Å². The number of amides is 2. The van der Waals surface area contributed by atoms with E-state index in [2.05, 4.69) is 47.3 Å². The summed E-state index contributed by atoms with van der Waals surface area (Å²) >= 11 is 0. The fourth-order valence-corrected chi connectivity index (χ4v) is 4.63. The summed E-state index contributed by atoms with van der Waals surface area (Å²) in [6.45, 7) is 12.7. The van der Waals surface area contributed by atoms with E-state index in [0.29, 0.717) is 31.0 Å². The van der Waals surface area contributed by atoms with Gasteiger partial charge in [0, 0.05) is 37.9 Å². The van der Waals surface area contributed by atoms with Crippen molar-refractivity contribution in [3.8, 4) is 0 Å². The van der Waals surface area contributed by atoms with Crippen molar-refractivity contribution in [1.29, 1.82) is 0 Å². The highest BCUT2D eigenvalue weighted by molar-refractivity contribution is 5.93. The van der Waals surface area contributed by atoms with Crippen LogP contribution < -0.4 is 10.6 Å². The SMILES string of the molecule is Cc1cccc(NC(=O)CN2CCN(CC(=O)N[C@@H]3CCC[C@H](C)[C@H]3C)CC2)c1C. The highest BCUT2D eigenvalue weighted by Crippen LogP contribution is 2.29. The molecule has 3 rings (SSSR count). The van der Waals surface area contributed by atoms with Gasteiger partial charge in [0.05, 0.1) is 13.1 Å². The fourth-order valence-electron chi connectivity index (χ4n) is 4.63. The standard InChI is InChI=1S/C24H38N4O2/c1-17-7-5-9-21(19(17)3)25-23(29)15-27-11-13-28(14-12-27)16-24(30)26-22-10-6-8-18(2)20(22)4/h5,7,9,18,20,22H,6,8,10-16H2,1-4H3,(H,25,29)(H,26,30)/t18-,20+,22+/m0/s1. The maximum Gasteiger partial charge on any atom is 0.238 e.